The molecule has 1 aliphatic rings. The molecule has 0 unspecified atom stereocenters. The second kappa shape index (κ2) is 7.65. The number of aromatic amines is 1. The molecule has 1 aliphatic carbocycles. The second-order valence-electron chi connectivity index (χ2n) is 7.56. The van der Waals surface area contributed by atoms with E-state index in [0.29, 0.717) is 11.2 Å². The first-order valence-corrected chi connectivity index (χ1v) is 10.8. The Morgan fingerprint density at radius 2 is 2.09 bits per heavy atom. The SMILES string of the molecule is O=c1[nH]c(SCc2nc3c([N+](=O)[O-])cccc3o2)nc2c1cnn2C1CCC(F)(F)CC1. The van der Waals surface area contributed by atoms with E-state index in [1.165, 1.54) is 18.3 Å². The van der Waals surface area contributed by atoms with E-state index in [9.17, 15) is 23.7 Å². The van der Waals surface area contributed by atoms with Crippen LogP contribution in [-0.4, -0.2) is 35.6 Å². The molecule has 0 amide bonds. The van der Waals surface area contributed by atoms with Crippen LogP contribution in [0.3, 0.4) is 0 Å². The van der Waals surface area contributed by atoms with Crippen LogP contribution in [0.15, 0.2) is 38.8 Å². The van der Waals surface area contributed by atoms with Crippen molar-refractivity contribution in [1.82, 2.24) is 24.7 Å². The van der Waals surface area contributed by atoms with E-state index in [0.717, 1.165) is 11.8 Å². The van der Waals surface area contributed by atoms with Crippen LogP contribution in [0.25, 0.3) is 22.1 Å². The summed E-state index contributed by atoms with van der Waals surface area (Å²) < 4.78 is 34.2. The number of alkyl halides is 2. The van der Waals surface area contributed by atoms with Crippen LogP contribution >= 0.6 is 11.8 Å². The molecule has 0 aliphatic heterocycles. The molecule has 4 aromatic rings. The summed E-state index contributed by atoms with van der Waals surface area (Å²) in [6.07, 6.45) is 1.44. The lowest BCUT2D eigenvalue weighted by Crippen LogP contribution is -2.27. The van der Waals surface area contributed by atoms with Gasteiger partial charge in [-0.05, 0) is 18.9 Å². The highest BCUT2D eigenvalue weighted by atomic mass is 32.2. The molecule has 3 heterocycles. The number of aromatic nitrogens is 5. The van der Waals surface area contributed by atoms with Gasteiger partial charge in [0, 0.05) is 18.9 Å². The van der Waals surface area contributed by atoms with Crippen molar-refractivity contribution in [2.75, 3.05) is 0 Å². The van der Waals surface area contributed by atoms with Gasteiger partial charge in [-0.3, -0.25) is 14.9 Å². The van der Waals surface area contributed by atoms with Gasteiger partial charge in [0.05, 0.1) is 22.9 Å². The summed E-state index contributed by atoms with van der Waals surface area (Å²) in [5.41, 5.74) is 0.228. The zero-order valence-electron chi connectivity index (χ0n) is 16.5. The number of non-ortho nitro benzene ring substituents is 1. The number of H-pyrrole nitrogens is 1. The molecule has 10 nitrogen and oxygen atoms in total. The third-order valence-electron chi connectivity index (χ3n) is 5.45. The van der Waals surface area contributed by atoms with Crippen molar-refractivity contribution in [1.29, 1.82) is 0 Å². The van der Waals surface area contributed by atoms with E-state index in [1.807, 2.05) is 0 Å². The monoisotopic (exact) mass is 462 g/mol. The van der Waals surface area contributed by atoms with E-state index < -0.39 is 16.4 Å². The number of benzene rings is 1. The lowest BCUT2D eigenvalue weighted by molar-refractivity contribution is -0.383. The molecule has 166 valence electrons. The zero-order valence-corrected chi connectivity index (χ0v) is 17.3. The number of hydrogen-bond donors (Lipinski definition) is 1. The van der Waals surface area contributed by atoms with Crippen molar-refractivity contribution in [3.05, 3.63) is 50.8 Å². The quantitative estimate of drug-likeness (QED) is 0.202. The van der Waals surface area contributed by atoms with Crippen molar-refractivity contribution in [2.45, 2.75) is 48.6 Å². The fraction of sp³-hybridized carbons (Fsp3) is 0.368. The molecule has 0 saturated heterocycles. The Labute approximate surface area is 182 Å². The maximum atomic E-state index is 13.5. The molecule has 5 rings (SSSR count). The Morgan fingerprint density at radius 3 is 2.84 bits per heavy atom. The number of para-hydroxylation sites is 1. The average Bonchev–Trinajstić information content (AvgIpc) is 3.36. The van der Waals surface area contributed by atoms with Crippen molar-refractivity contribution in [3.63, 3.8) is 0 Å². The van der Waals surface area contributed by atoms with Crippen LogP contribution in [0.4, 0.5) is 14.5 Å². The van der Waals surface area contributed by atoms with E-state index in [1.54, 1.807) is 10.7 Å². The fourth-order valence-electron chi connectivity index (χ4n) is 3.84. The molecule has 3 aromatic heterocycles. The standard InChI is InChI=1S/C19H16F2N6O4S/c20-19(21)6-4-10(5-7-19)26-16-11(8-22-26)17(28)25-18(24-16)32-9-14-23-15-12(27(29)30)2-1-3-13(15)31-14/h1-3,8,10H,4-7,9H2,(H,24,25,28). The number of nitrogens with one attached hydrogen (secondary N) is 1. The number of hydrogen-bond acceptors (Lipinski definition) is 8. The topological polar surface area (TPSA) is 133 Å². The Morgan fingerprint density at radius 1 is 1.31 bits per heavy atom. The van der Waals surface area contributed by atoms with Gasteiger partial charge < -0.3 is 9.40 Å². The molecule has 32 heavy (non-hydrogen) atoms. The van der Waals surface area contributed by atoms with Gasteiger partial charge in [0.1, 0.15) is 5.39 Å². The van der Waals surface area contributed by atoms with E-state index >= 15 is 0 Å². The lowest BCUT2D eigenvalue weighted by Gasteiger charge is -2.28. The van der Waals surface area contributed by atoms with Crippen molar-refractivity contribution >= 4 is 39.6 Å². The number of thioether (sulfide) groups is 1. The normalized spacial score (nSPS) is 16.7. The predicted molar refractivity (Wildman–Crippen MR) is 111 cm³/mol. The van der Waals surface area contributed by atoms with Gasteiger partial charge in [0.2, 0.25) is 11.8 Å². The van der Waals surface area contributed by atoms with Crippen LogP contribution in [0.1, 0.15) is 37.6 Å². The summed E-state index contributed by atoms with van der Waals surface area (Å²) >= 11 is 1.14. The maximum absolute atomic E-state index is 13.5. The van der Waals surface area contributed by atoms with Crippen LogP contribution < -0.4 is 5.56 Å². The molecule has 0 atom stereocenters. The van der Waals surface area contributed by atoms with Gasteiger partial charge in [-0.25, -0.2) is 23.4 Å². The number of nitrogens with zero attached hydrogens (tertiary/aromatic N) is 5. The number of oxazole rings is 1. The highest BCUT2D eigenvalue weighted by molar-refractivity contribution is 7.98. The molecule has 0 spiro atoms. The summed E-state index contributed by atoms with van der Waals surface area (Å²) in [6, 6.07) is 4.19. The molecule has 1 saturated carbocycles. The third kappa shape index (κ3) is 3.72. The smallest absolute Gasteiger partial charge is 0.298 e. The second-order valence-corrected chi connectivity index (χ2v) is 8.53. The Hall–Kier alpha value is -3.35. The zero-order chi connectivity index (χ0) is 22.5. The number of nitro benzene ring substituents is 1. The Balaban J connectivity index is 1.40. The van der Waals surface area contributed by atoms with E-state index in [2.05, 4.69) is 20.1 Å². The first kappa shape index (κ1) is 20.5. The molecule has 13 heteroatoms. The Bertz CT molecular complexity index is 1390. The van der Waals surface area contributed by atoms with Crippen molar-refractivity contribution in [2.24, 2.45) is 0 Å². The first-order valence-electron chi connectivity index (χ1n) is 9.82. The van der Waals surface area contributed by atoms with Crippen LogP contribution in [0.2, 0.25) is 0 Å². The molecular formula is C19H16F2N6O4S. The van der Waals surface area contributed by atoms with Crippen LogP contribution in [0, 0.1) is 10.1 Å². The largest absolute Gasteiger partial charge is 0.439 e. The molecule has 1 N–H and O–H groups in total. The van der Waals surface area contributed by atoms with Crippen LogP contribution in [-0.2, 0) is 5.75 Å². The fourth-order valence-corrected chi connectivity index (χ4v) is 4.54. The Kier molecular flexibility index (Phi) is 4.92. The molecular weight excluding hydrogens is 446 g/mol. The van der Waals surface area contributed by atoms with Crippen molar-refractivity contribution in [3.8, 4) is 0 Å². The molecule has 1 fully saturated rings. The number of nitro groups is 1. The maximum Gasteiger partial charge on any atom is 0.298 e. The molecule has 0 bridgehead atoms. The minimum absolute atomic E-state index is 0.150. The number of halogens is 2. The highest BCUT2D eigenvalue weighted by Crippen LogP contribution is 2.39. The minimum Gasteiger partial charge on any atom is -0.439 e. The van der Waals surface area contributed by atoms with Crippen LogP contribution in [0.5, 0.6) is 0 Å². The summed E-state index contributed by atoms with van der Waals surface area (Å²) in [5.74, 6) is -2.26. The summed E-state index contributed by atoms with van der Waals surface area (Å²) in [5, 5.41) is 15.9. The number of rotatable bonds is 5. The van der Waals surface area contributed by atoms with E-state index in [4.69, 9.17) is 4.42 Å². The predicted octanol–water partition coefficient (Wildman–Crippen LogP) is 4.21. The van der Waals surface area contributed by atoms with Gasteiger partial charge >= 0.3 is 0 Å². The third-order valence-corrected chi connectivity index (χ3v) is 6.30. The van der Waals surface area contributed by atoms with E-state index in [-0.39, 0.29) is 65.1 Å². The minimum atomic E-state index is -2.67. The van der Waals surface area contributed by atoms with Gasteiger partial charge in [0.15, 0.2) is 21.9 Å². The summed E-state index contributed by atoms with van der Waals surface area (Å²) in [6.45, 7) is 0. The highest BCUT2D eigenvalue weighted by Gasteiger charge is 2.36. The molecule has 0 radical (unpaired) electrons. The van der Waals surface area contributed by atoms with Gasteiger partial charge in [-0.2, -0.15) is 5.10 Å². The summed E-state index contributed by atoms with van der Waals surface area (Å²) in [7, 11) is 0. The van der Waals surface area contributed by atoms with Crippen molar-refractivity contribution < 1.29 is 18.1 Å². The van der Waals surface area contributed by atoms with Gasteiger partial charge in [0.25, 0.3) is 11.2 Å². The average molecular weight is 462 g/mol. The molecule has 1 aromatic carbocycles. The van der Waals surface area contributed by atoms with Gasteiger partial charge in [-0.15, -0.1) is 0 Å². The summed E-state index contributed by atoms with van der Waals surface area (Å²) in [4.78, 5) is 34.4. The number of fused-ring (bicyclic) bond motifs is 2. The van der Waals surface area contributed by atoms with Gasteiger partial charge in [-0.1, -0.05) is 17.8 Å². The first-order chi connectivity index (χ1) is 15.3. The lowest BCUT2D eigenvalue weighted by atomic mass is 9.92.